The van der Waals surface area contributed by atoms with Gasteiger partial charge in [0.05, 0.1) is 18.4 Å². The summed E-state index contributed by atoms with van der Waals surface area (Å²) in [6.45, 7) is 4.70. The van der Waals surface area contributed by atoms with Crippen LogP contribution in [0.5, 0.6) is 5.75 Å². The van der Waals surface area contributed by atoms with Crippen LogP contribution >= 0.6 is 0 Å². The van der Waals surface area contributed by atoms with E-state index in [2.05, 4.69) is 4.98 Å². The summed E-state index contributed by atoms with van der Waals surface area (Å²) in [5.74, 6) is -1.90. The predicted molar refractivity (Wildman–Crippen MR) is 98.0 cm³/mol. The summed E-state index contributed by atoms with van der Waals surface area (Å²) >= 11 is 0. The lowest BCUT2D eigenvalue weighted by Crippen LogP contribution is -2.47. The van der Waals surface area contributed by atoms with E-state index < -0.39 is 12.1 Å². The molecule has 2 saturated heterocycles. The average Bonchev–Trinajstić information content (AvgIpc) is 3.09. The Balaban J connectivity index is 0.000000396. The second-order valence-corrected chi connectivity index (χ2v) is 6.95. The number of aliphatic carboxylic acids is 1. The summed E-state index contributed by atoms with van der Waals surface area (Å²) in [6.07, 6.45) is 1.02. The highest BCUT2D eigenvalue weighted by atomic mass is 19.4. The maximum atomic E-state index is 12.0. The minimum atomic E-state index is -5.08. The highest BCUT2D eigenvalue weighted by Gasteiger charge is 2.44. The zero-order chi connectivity index (χ0) is 22.2. The van der Waals surface area contributed by atoms with E-state index in [0.29, 0.717) is 13.2 Å². The van der Waals surface area contributed by atoms with Crippen LogP contribution in [0.15, 0.2) is 24.5 Å². The van der Waals surface area contributed by atoms with Crippen LogP contribution in [-0.4, -0.2) is 77.7 Å². The molecule has 2 aliphatic heterocycles. The molecule has 1 N–H and O–H groups in total. The number of ether oxygens (including phenoxy) is 3. The zero-order valence-electron chi connectivity index (χ0n) is 16.6. The van der Waals surface area contributed by atoms with E-state index in [4.69, 9.17) is 24.1 Å². The molecule has 0 aliphatic carbocycles. The lowest BCUT2D eigenvalue weighted by molar-refractivity contribution is -0.192. The van der Waals surface area contributed by atoms with Gasteiger partial charge in [-0.2, -0.15) is 13.2 Å². The molecule has 30 heavy (non-hydrogen) atoms. The molecule has 168 valence electrons. The lowest BCUT2D eigenvalue weighted by atomic mass is 9.88. The van der Waals surface area contributed by atoms with Crippen molar-refractivity contribution in [2.24, 2.45) is 0 Å². The third-order valence-electron chi connectivity index (χ3n) is 4.81. The number of nitrogens with zero attached hydrogens (tertiary/aromatic N) is 2. The predicted octanol–water partition coefficient (Wildman–Crippen LogP) is 2.28. The number of hydrogen-bond acceptors (Lipinski definition) is 6. The van der Waals surface area contributed by atoms with Crippen molar-refractivity contribution in [2.45, 2.75) is 44.1 Å². The number of pyridine rings is 1. The zero-order valence-corrected chi connectivity index (χ0v) is 16.6. The van der Waals surface area contributed by atoms with E-state index in [1.165, 1.54) is 0 Å². The van der Waals surface area contributed by atoms with Crippen LogP contribution in [0.2, 0.25) is 0 Å². The second-order valence-electron chi connectivity index (χ2n) is 6.95. The summed E-state index contributed by atoms with van der Waals surface area (Å²) in [5, 5.41) is 7.12. The minimum absolute atomic E-state index is 0.0601. The first-order valence-corrected chi connectivity index (χ1v) is 9.51. The first kappa shape index (κ1) is 23.9. The monoisotopic (exact) mass is 434 g/mol. The molecule has 0 radical (unpaired) electrons. The van der Waals surface area contributed by atoms with Crippen molar-refractivity contribution in [3.63, 3.8) is 0 Å². The second kappa shape index (κ2) is 10.6. The molecule has 11 heteroatoms. The molecule has 1 amide bonds. The van der Waals surface area contributed by atoms with Gasteiger partial charge in [-0.05, 0) is 31.9 Å². The molecule has 2 aliphatic rings. The van der Waals surface area contributed by atoms with Crippen molar-refractivity contribution in [1.82, 2.24) is 9.88 Å². The molecular weight excluding hydrogens is 409 g/mol. The lowest BCUT2D eigenvalue weighted by Gasteiger charge is -2.38. The van der Waals surface area contributed by atoms with Gasteiger partial charge >= 0.3 is 12.1 Å². The normalized spacial score (nSPS) is 20.4. The average molecular weight is 434 g/mol. The Labute approximate surface area is 171 Å². The topological polar surface area (TPSA) is 98.2 Å². The number of carbonyl (C=O) groups excluding carboxylic acids is 1. The molecule has 8 nitrogen and oxygen atoms in total. The van der Waals surface area contributed by atoms with Gasteiger partial charge in [0.2, 0.25) is 5.91 Å². The number of carboxylic acid groups (broad SMARTS) is 1. The van der Waals surface area contributed by atoms with Crippen molar-refractivity contribution in [3.8, 4) is 5.75 Å². The van der Waals surface area contributed by atoms with Crippen LogP contribution < -0.4 is 4.74 Å². The quantitative estimate of drug-likeness (QED) is 0.759. The number of piperidine rings is 1. The van der Waals surface area contributed by atoms with Crippen LogP contribution in [0.4, 0.5) is 13.2 Å². The maximum absolute atomic E-state index is 12.0. The molecule has 1 atom stereocenters. The molecule has 3 rings (SSSR count). The van der Waals surface area contributed by atoms with E-state index in [1.54, 1.807) is 12.4 Å². The molecule has 1 unspecified atom stereocenters. The molecule has 0 bridgehead atoms. The van der Waals surface area contributed by atoms with Crippen LogP contribution in [0.3, 0.4) is 0 Å². The van der Waals surface area contributed by atoms with Crippen molar-refractivity contribution in [2.75, 3.05) is 32.9 Å². The third-order valence-corrected chi connectivity index (χ3v) is 4.81. The first-order chi connectivity index (χ1) is 14.1. The Hall–Kier alpha value is -2.40. The SMILES string of the molecule is CCOCC(=O)N1CCC2(CC1)CC(Oc1cccnc1)CO2.O=C(O)C(F)(F)F. The van der Waals surface area contributed by atoms with Crippen molar-refractivity contribution < 1.29 is 42.1 Å². The van der Waals surface area contributed by atoms with E-state index in [9.17, 15) is 18.0 Å². The number of alkyl halides is 3. The highest BCUT2D eigenvalue weighted by Crippen LogP contribution is 2.37. The summed E-state index contributed by atoms with van der Waals surface area (Å²) in [7, 11) is 0. The molecule has 1 aromatic rings. The van der Waals surface area contributed by atoms with Gasteiger partial charge in [0.15, 0.2) is 0 Å². The standard InChI is InChI=1S/C17H24N2O4.C2HF3O2/c1-2-21-13-16(20)19-8-5-17(6-9-19)10-15(12-22-17)23-14-4-3-7-18-11-14;3-2(4,5)1(6)7/h3-4,7,11,15H,2,5-6,8-10,12-13H2,1H3;(H,6,7). The number of amides is 1. The first-order valence-electron chi connectivity index (χ1n) is 9.51. The molecule has 0 saturated carbocycles. The fraction of sp³-hybridized carbons (Fsp3) is 0.632. The van der Waals surface area contributed by atoms with Crippen molar-refractivity contribution in [1.29, 1.82) is 0 Å². The summed E-state index contributed by atoms with van der Waals surface area (Å²) in [5.41, 5.74) is -0.144. The van der Waals surface area contributed by atoms with Crippen LogP contribution in [0.25, 0.3) is 0 Å². The fourth-order valence-corrected chi connectivity index (χ4v) is 3.28. The van der Waals surface area contributed by atoms with Crippen LogP contribution in [0, 0.1) is 0 Å². The highest BCUT2D eigenvalue weighted by molar-refractivity contribution is 5.77. The molecule has 0 aromatic carbocycles. The number of hydrogen-bond donors (Lipinski definition) is 1. The van der Waals surface area contributed by atoms with Gasteiger partial charge in [0.1, 0.15) is 18.5 Å². The van der Waals surface area contributed by atoms with Crippen LogP contribution in [-0.2, 0) is 19.1 Å². The number of aromatic nitrogens is 1. The van der Waals surface area contributed by atoms with E-state index in [1.807, 2.05) is 24.0 Å². The van der Waals surface area contributed by atoms with Gasteiger partial charge in [-0.3, -0.25) is 9.78 Å². The van der Waals surface area contributed by atoms with Crippen molar-refractivity contribution in [3.05, 3.63) is 24.5 Å². The Morgan fingerprint density at radius 1 is 1.37 bits per heavy atom. The Morgan fingerprint density at radius 3 is 2.57 bits per heavy atom. The Bertz CT molecular complexity index is 693. The van der Waals surface area contributed by atoms with Crippen molar-refractivity contribution >= 4 is 11.9 Å². The fourth-order valence-electron chi connectivity index (χ4n) is 3.28. The number of carbonyl (C=O) groups is 2. The molecule has 1 spiro atoms. The van der Waals surface area contributed by atoms with Gasteiger partial charge in [0.25, 0.3) is 0 Å². The van der Waals surface area contributed by atoms with E-state index >= 15 is 0 Å². The number of carboxylic acids is 1. The minimum Gasteiger partial charge on any atom is -0.486 e. The summed E-state index contributed by atoms with van der Waals surface area (Å²) < 4.78 is 48.9. The summed E-state index contributed by atoms with van der Waals surface area (Å²) in [4.78, 5) is 26.8. The Kier molecular flexibility index (Phi) is 8.42. The van der Waals surface area contributed by atoms with E-state index in [0.717, 1.165) is 38.1 Å². The molecule has 2 fully saturated rings. The van der Waals surface area contributed by atoms with Gasteiger partial charge in [-0.1, -0.05) is 0 Å². The third kappa shape index (κ3) is 7.13. The van der Waals surface area contributed by atoms with Crippen LogP contribution in [0.1, 0.15) is 26.2 Å². The smallest absolute Gasteiger partial charge is 0.486 e. The summed E-state index contributed by atoms with van der Waals surface area (Å²) in [6, 6.07) is 3.77. The number of likely N-dealkylation sites (tertiary alicyclic amines) is 1. The molecular formula is C19H25F3N2O6. The maximum Gasteiger partial charge on any atom is 0.490 e. The largest absolute Gasteiger partial charge is 0.490 e. The van der Waals surface area contributed by atoms with Gasteiger partial charge in [-0.25, -0.2) is 4.79 Å². The molecule has 3 heterocycles. The van der Waals surface area contributed by atoms with Gasteiger partial charge in [-0.15, -0.1) is 0 Å². The molecule has 1 aromatic heterocycles. The van der Waals surface area contributed by atoms with E-state index in [-0.39, 0.29) is 24.2 Å². The Morgan fingerprint density at radius 2 is 2.03 bits per heavy atom. The van der Waals surface area contributed by atoms with Gasteiger partial charge < -0.3 is 24.2 Å². The number of rotatable bonds is 5. The number of halogens is 3. The van der Waals surface area contributed by atoms with Gasteiger partial charge in [0, 0.05) is 32.3 Å².